The van der Waals surface area contributed by atoms with Crippen LogP contribution in [0.25, 0.3) is 0 Å². The molecule has 3 heteroatoms. The van der Waals surface area contributed by atoms with Crippen LogP contribution in [0.5, 0.6) is 0 Å². The Balaban J connectivity index is 1.98. The van der Waals surface area contributed by atoms with Crippen molar-refractivity contribution in [1.82, 2.24) is 15.1 Å². The quantitative estimate of drug-likeness (QED) is 0.647. The summed E-state index contributed by atoms with van der Waals surface area (Å²) in [4.78, 5) is 0. The maximum Gasteiger partial charge on any atom is 0.0637 e. The van der Waals surface area contributed by atoms with Crippen LogP contribution in [-0.2, 0) is 13.5 Å². The second-order valence-electron chi connectivity index (χ2n) is 5.29. The minimum Gasteiger partial charge on any atom is -0.314 e. The van der Waals surface area contributed by atoms with Crippen molar-refractivity contribution in [2.45, 2.75) is 64.8 Å². The van der Waals surface area contributed by atoms with Gasteiger partial charge in [-0.1, -0.05) is 39.0 Å². The molecule has 0 spiro atoms. The van der Waals surface area contributed by atoms with Crippen molar-refractivity contribution < 1.29 is 0 Å². The van der Waals surface area contributed by atoms with Crippen LogP contribution in [0.1, 0.15) is 58.1 Å². The second-order valence-corrected chi connectivity index (χ2v) is 5.29. The summed E-state index contributed by atoms with van der Waals surface area (Å²) in [7, 11) is 1.97. The Morgan fingerprint density at radius 3 is 2.72 bits per heavy atom. The zero-order chi connectivity index (χ0) is 13.2. The second kappa shape index (κ2) is 9.15. The van der Waals surface area contributed by atoms with Gasteiger partial charge in [-0.05, 0) is 19.4 Å². The maximum atomic E-state index is 4.38. The molecule has 1 aromatic heterocycles. The van der Waals surface area contributed by atoms with Crippen LogP contribution < -0.4 is 5.32 Å². The highest BCUT2D eigenvalue weighted by molar-refractivity contribution is 4.98. The number of rotatable bonds is 10. The predicted molar refractivity (Wildman–Crippen MR) is 77.8 cm³/mol. The molecule has 1 rings (SSSR count). The van der Waals surface area contributed by atoms with Crippen molar-refractivity contribution in [2.24, 2.45) is 7.05 Å². The molecular weight excluding hydrogens is 222 g/mol. The molecule has 3 nitrogen and oxygen atoms in total. The maximum absolute atomic E-state index is 4.38. The van der Waals surface area contributed by atoms with Crippen molar-refractivity contribution in [2.75, 3.05) is 6.54 Å². The average molecular weight is 251 g/mol. The first-order chi connectivity index (χ1) is 8.72. The van der Waals surface area contributed by atoms with E-state index >= 15 is 0 Å². The molecule has 0 fully saturated rings. The van der Waals surface area contributed by atoms with E-state index in [2.05, 4.69) is 30.3 Å². The summed E-state index contributed by atoms with van der Waals surface area (Å²) >= 11 is 0. The normalized spacial score (nSPS) is 12.8. The van der Waals surface area contributed by atoms with Crippen LogP contribution in [0.2, 0.25) is 0 Å². The van der Waals surface area contributed by atoms with E-state index in [4.69, 9.17) is 0 Å². The smallest absolute Gasteiger partial charge is 0.0637 e. The number of nitrogens with one attached hydrogen (secondary N) is 1. The molecule has 0 aliphatic heterocycles. The standard InChI is InChI=1S/C15H29N3/c1-4-5-6-7-8-9-14(2)16-12-10-15-11-13-18(3)17-15/h11,13-14,16H,4-10,12H2,1-3H3. The van der Waals surface area contributed by atoms with Crippen LogP contribution in [0.15, 0.2) is 12.3 Å². The van der Waals surface area contributed by atoms with Crippen LogP contribution in [0, 0.1) is 0 Å². The first-order valence-corrected chi connectivity index (χ1v) is 7.44. The van der Waals surface area contributed by atoms with Gasteiger partial charge >= 0.3 is 0 Å². The van der Waals surface area contributed by atoms with Gasteiger partial charge in [-0.2, -0.15) is 5.10 Å². The molecule has 1 aromatic rings. The molecule has 0 saturated carbocycles. The number of aryl methyl sites for hydroxylation is 1. The topological polar surface area (TPSA) is 29.9 Å². The molecule has 0 radical (unpaired) electrons. The lowest BCUT2D eigenvalue weighted by Crippen LogP contribution is -2.28. The fraction of sp³-hybridized carbons (Fsp3) is 0.800. The molecule has 1 atom stereocenters. The molecule has 104 valence electrons. The summed E-state index contributed by atoms with van der Waals surface area (Å²) in [6, 6.07) is 2.73. The average Bonchev–Trinajstić information content (AvgIpc) is 2.75. The highest BCUT2D eigenvalue weighted by atomic mass is 15.2. The van der Waals surface area contributed by atoms with Gasteiger partial charge in [-0.3, -0.25) is 4.68 Å². The van der Waals surface area contributed by atoms with E-state index in [-0.39, 0.29) is 0 Å². The molecule has 0 saturated heterocycles. The van der Waals surface area contributed by atoms with Crippen LogP contribution in [0.4, 0.5) is 0 Å². The van der Waals surface area contributed by atoms with E-state index in [1.807, 2.05) is 17.9 Å². The number of unbranched alkanes of at least 4 members (excludes halogenated alkanes) is 4. The molecule has 0 amide bonds. The molecular formula is C15H29N3. The summed E-state index contributed by atoms with van der Waals surface area (Å²) in [5.41, 5.74) is 1.18. The van der Waals surface area contributed by atoms with Crippen LogP contribution in [0.3, 0.4) is 0 Å². The Kier molecular flexibility index (Phi) is 7.74. The molecule has 1 heterocycles. The fourth-order valence-electron chi connectivity index (χ4n) is 2.20. The third-order valence-electron chi connectivity index (χ3n) is 3.38. The van der Waals surface area contributed by atoms with Crippen LogP contribution in [-0.4, -0.2) is 22.4 Å². The van der Waals surface area contributed by atoms with Crippen LogP contribution >= 0.6 is 0 Å². The molecule has 0 aromatic carbocycles. The molecule has 18 heavy (non-hydrogen) atoms. The van der Waals surface area contributed by atoms with Gasteiger partial charge in [0.15, 0.2) is 0 Å². The van der Waals surface area contributed by atoms with E-state index in [0.717, 1.165) is 13.0 Å². The Bertz CT molecular complexity index is 306. The van der Waals surface area contributed by atoms with E-state index in [0.29, 0.717) is 6.04 Å². The monoisotopic (exact) mass is 251 g/mol. The Morgan fingerprint density at radius 2 is 2.06 bits per heavy atom. The van der Waals surface area contributed by atoms with Crippen molar-refractivity contribution >= 4 is 0 Å². The lowest BCUT2D eigenvalue weighted by molar-refractivity contribution is 0.481. The molecule has 1 N–H and O–H groups in total. The van der Waals surface area contributed by atoms with E-state index in [1.54, 1.807) is 0 Å². The Hall–Kier alpha value is -0.830. The van der Waals surface area contributed by atoms with Gasteiger partial charge in [0, 0.05) is 32.3 Å². The Morgan fingerprint density at radius 1 is 1.28 bits per heavy atom. The summed E-state index contributed by atoms with van der Waals surface area (Å²) in [5.74, 6) is 0. The third kappa shape index (κ3) is 6.80. The van der Waals surface area contributed by atoms with Gasteiger partial charge < -0.3 is 5.32 Å². The number of nitrogens with zero attached hydrogens (tertiary/aromatic N) is 2. The van der Waals surface area contributed by atoms with Crippen molar-refractivity contribution in [3.63, 3.8) is 0 Å². The zero-order valence-electron chi connectivity index (χ0n) is 12.3. The minimum atomic E-state index is 0.635. The molecule has 0 aliphatic rings. The van der Waals surface area contributed by atoms with Gasteiger partial charge in [0.25, 0.3) is 0 Å². The fourth-order valence-corrected chi connectivity index (χ4v) is 2.20. The highest BCUT2D eigenvalue weighted by Crippen LogP contribution is 2.07. The summed E-state index contributed by atoms with van der Waals surface area (Å²) in [5, 5.41) is 7.96. The molecule has 0 aliphatic carbocycles. The van der Waals surface area contributed by atoms with E-state index < -0.39 is 0 Å². The summed E-state index contributed by atoms with van der Waals surface area (Å²) in [6.07, 6.45) is 11.2. The number of hydrogen-bond donors (Lipinski definition) is 1. The molecule has 0 bridgehead atoms. The van der Waals surface area contributed by atoms with Crippen molar-refractivity contribution in [1.29, 1.82) is 0 Å². The minimum absolute atomic E-state index is 0.635. The van der Waals surface area contributed by atoms with Gasteiger partial charge in [0.2, 0.25) is 0 Å². The Labute approximate surface area is 112 Å². The van der Waals surface area contributed by atoms with Crippen molar-refractivity contribution in [3.8, 4) is 0 Å². The SMILES string of the molecule is CCCCCCCC(C)NCCc1ccn(C)n1. The van der Waals surface area contributed by atoms with E-state index in [1.165, 1.54) is 44.2 Å². The van der Waals surface area contributed by atoms with Gasteiger partial charge in [-0.25, -0.2) is 0 Å². The van der Waals surface area contributed by atoms with Gasteiger partial charge in [0.05, 0.1) is 5.69 Å². The lowest BCUT2D eigenvalue weighted by atomic mass is 10.1. The lowest BCUT2D eigenvalue weighted by Gasteiger charge is -2.12. The highest BCUT2D eigenvalue weighted by Gasteiger charge is 2.02. The first-order valence-electron chi connectivity index (χ1n) is 7.44. The molecule has 1 unspecified atom stereocenters. The van der Waals surface area contributed by atoms with E-state index in [9.17, 15) is 0 Å². The van der Waals surface area contributed by atoms with Gasteiger partial charge in [0.1, 0.15) is 0 Å². The zero-order valence-corrected chi connectivity index (χ0v) is 12.3. The predicted octanol–water partition coefficient (Wildman–Crippen LogP) is 3.30. The summed E-state index contributed by atoms with van der Waals surface area (Å²) in [6.45, 7) is 5.59. The third-order valence-corrected chi connectivity index (χ3v) is 3.38. The number of aromatic nitrogens is 2. The largest absolute Gasteiger partial charge is 0.314 e. The van der Waals surface area contributed by atoms with Crippen molar-refractivity contribution in [3.05, 3.63) is 18.0 Å². The summed E-state index contributed by atoms with van der Waals surface area (Å²) < 4.78 is 1.87. The van der Waals surface area contributed by atoms with Gasteiger partial charge in [-0.15, -0.1) is 0 Å². The number of hydrogen-bond acceptors (Lipinski definition) is 2. The first kappa shape index (κ1) is 15.2.